The van der Waals surface area contributed by atoms with Gasteiger partial charge in [-0.2, -0.15) is 0 Å². The molecule has 13 heavy (non-hydrogen) atoms. The average Bonchev–Trinajstić information content (AvgIpc) is 2.28. The van der Waals surface area contributed by atoms with E-state index in [1.165, 1.54) is 0 Å². The Morgan fingerprint density at radius 1 is 1.69 bits per heavy atom. The summed E-state index contributed by atoms with van der Waals surface area (Å²) < 4.78 is 5.51. The molecule has 1 heterocycles. The zero-order valence-corrected chi connectivity index (χ0v) is 8.42. The molecule has 0 radical (unpaired) electrons. The van der Waals surface area contributed by atoms with Gasteiger partial charge in [0.25, 0.3) is 0 Å². The lowest BCUT2D eigenvalue weighted by atomic mass is 10.2. The molecule has 0 saturated carbocycles. The van der Waals surface area contributed by atoms with Gasteiger partial charge in [0, 0.05) is 19.7 Å². The van der Waals surface area contributed by atoms with Crippen LogP contribution in [0, 0.1) is 5.41 Å². The van der Waals surface area contributed by atoms with Gasteiger partial charge in [0.05, 0.1) is 12.1 Å². The predicted octanol–water partition coefficient (Wildman–Crippen LogP) is 0.422. The largest absolute Gasteiger partial charge is 0.386 e. The number of hydrogen-bond acceptors (Lipinski definition) is 3. The molecule has 0 bridgehead atoms. The number of ether oxygens (including phenoxy) is 1. The normalized spacial score (nSPS) is 28.0. The number of hydrogen-bond donors (Lipinski definition) is 2. The van der Waals surface area contributed by atoms with E-state index in [1.54, 1.807) is 0 Å². The number of amidine groups is 1. The molecule has 76 valence electrons. The number of nitrogens with zero attached hydrogens (tertiary/aromatic N) is 1. The van der Waals surface area contributed by atoms with Crippen molar-refractivity contribution in [3.05, 3.63) is 0 Å². The van der Waals surface area contributed by atoms with Crippen LogP contribution in [0.1, 0.15) is 20.3 Å². The first-order chi connectivity index (χ1) is 6.11. The Hall–Kier alpha value is -0.610. The van der Waals surface area contributed by atoms with Gasteiger partial charge in [-0.25, -0.2) is 0 Å². The van der Waals surface area contributed by atoms with Crippen LogP contribution in [0.5, 0.6) is 0 Å². The van der Waals surface area contributed by atoms with Crippen molar-refractivity contribution in [2.45, 2.75) is 32.4 Å². The first-order valence-electron chi connectivity index (χ1n) is 4.81. The first-order valence-corrected chi connectivity index (χ1v) is 4.81. The van der Waals surface area contributed by atoms with Crippen molar-refractivity contribution in [1.29, 1.82) is 5.41 Å². The topological polar surface area (TPSA) is 62.3 Å². The predicted molar refractivity (Wildman–Crippen MR) is 53.0 cm³/mol. The van der Waals surface area contributed by atoms with Gasteiger partial charge in [0.15, 0.2) is 0 Å². The summed E-state index contributed by atoms with van der Waals surface area (Å²) >= 11 is 0. The molecule has 0 amide bonds. The van der Waals surface area contributed by atoms with E-state index in [0.717, 1.165) is 26.1 Å². The number of rotatable bonds is 2. The fourth-order valence-electron chi connectivity index (χ4n) is 1.57. The van der Waals surface area contributed by atoms with Gasteiger partial charge < -0.3 is 10.5 Å². The maximum Gasteiger partial charge on any atom is 0.108 e. The summed E-state index contributed by atoms with van der Waals surface area (Å²) in [6.45, 7) is 6.71. The van der Waals surface area contributed by atoms with Gasteiger partial charge in [-0.1, -0.05) is 0 Å². The van der Waals surface area contributed by atoms with Crippen molar-refractivity contribution in [3.63, 3.8) is 0 Å². The van der Waals surface area contributed by atoms with E-state index in [1.807, 2.05) is 6.92 Å². The van der Waals surface area contributed by atoms with Crippen molar-refractivity contribution >= 4 is 5.84 Å². The molecule has 0 aromatic carbocycles. The Bertz CT molecular complexity index is 184. The maximum absolute atomic E-state index is 7.37. The molecule has 1 fully saturated rings. The third-order valence-electron chi connectivity index (χ3n) is 2.48. The molecule has 0 aliphatic carbocycles. The number of nitrogens with one attached hydrogen (secondary N) is 1. The second kappa shape index (κ2) is 4.58. The van der Waals surface area contributed by atoms with E-state index < -0.39 is 0 Å². The molecule has 0 aromatic rings. The molecule has 2 atom stereocenters. The molecule has 1 aliphatic heterocycles. The molecular weight excluding hydrogens is 166 g/mol. The molecule has 4 nitrogen and oxygen atoms in total. The fourth-order valence-corrected chi connectivity index (χ4v) is 1.57. The monoisotopic (exact) mass is 185 g/mol. The molecule has 2 unspecified atom stereocenters. The van der Waals surface area contributed by atoms with Crippen LogP contribution in [-0.4, -0.2) is 42.6 Å². The second-order valence-electron chi connectivity index (χ2n) is 3.66. The van der Waals surface area contributed by atoms with E-state index in [0.29, 0.717) is 0 Å². The molecule has 4 heteroatoms. The highest BCUT2D eigenvalue weighted by Gasteiger charge is 2.21. The van der Waals surface area contributed by atoms with Gasteiger partial charge in [0.2, 0.25) is 0 Å². The Morgan fingerprint density at radius 2 is 2.38 bits per heavy atom. The van der Waals surface area contributed by atoms with Gasteiger partial charge in [-0.3, -0.25) is 10.3 Å². The summed E-state index contributed by atoms with van der Waals surface area (Å²) in [5.74, 6) is 0.245. The summed E-state index contributed by atoms with van der Waals surface area (Å²) in [5.41, 5.74) is 5.46. The quantitative estimate of drug-likeness (QED) is 0.484. The van der Waals surface area contributed by atoms with E-state index >= 15 is 0 Å². The van der Waals surface area contributed by atoms with Crippen LogP contribution in [0.3, 0.4) is 0 Å². The lowest BCUT2D eigenvalue weighted by Gasteiger charge is -2.27. The zero-order valence-electron chi connectivity index (χ0n) is 8.42. The second-order valence-corrected chi connectivity index (χ2v) is 3.66. The Kier molecular flexibility index (Phi) is 3.69. The molecule has 1 rings (SSSR count). The van der Waals surface area contributed by atoms with Gasteiger partial charge in [-0.05, 0) is 20.3 Å². The maximum atomic E-state index is 7.37. The van der Waals surface area contributed by atoms with Gasteiger partial charge in [-0.15, -0.1) is 0 Å². The average molecular weight is 185 g/mol. The minimum absolute atomic E-state index is 0.0455. The Labute approximate surface area is 79.6 Å². The molecule has 0 aromatic heterocycles. The highest BCUT2D eigenvalue weighted by atomic mass is 16.5. The van der Waals surface area contributed by atoms with Crippen molar-refractivity contribution in [2.24, 2.45) is 5.73 Å². The van der Waals surface area contributed by atoms with Crippen LogP contribution in [0.25, 0.3) is 0 Å². The van der Waals surface area contributed by atoms with Crippen molar-refractivity contribution < 1.29 is 4.74 Å². The highest BCUT2D eigenvalue weighted by molar-refractivity contribution is 5.82. The van der Waals surface area contributed by atoms with Crippen LogP contribution in [0.2, 0.25) is 0 Å². The summed E-state index contributed by atoms with van der Waals surface area (Å²) in [6.07, 6.45) is 1.28. The van der Waals surface area contributed by atoms with E-state index in [-0.39, 0.29) is 18.0 Å². The molecule has 3 N–H and O–H groups in total. The van der Waals surface area contributed by atoms with Crippen LogP contribution in [-0.2, 0) is 4.74 Å². The minimum atomic E-state index is 0.0455. The van der Waals surface area contributed by atoms with Gasteiger partial charge in [0.1, 0.15) is 5.84 Å². The van der Waals surface area contributed by atoms with Crippen molar-refractivity contribution in [3.8, 4) is 0 Å². The number of nitrogens with two attached hydrogens (primary N) is 1. The summed E-state index contributed by atoms with van der Waals surface area (Å²) in [6, 6.07) is 0.0455. The third-order valence-corrected chi connectivity index (χ3v) is 2.48. The van der Waals surface area contributed by atoms with Crippen LogP contribution in [0.4, 0.5) is 0 Å². The summed E-state index contributed by atoms with van der Waals surface area (Å²) in [5, 5.41) is 7.37. The molecule has 1 saturated heterocycles. The van der Waals surface area contributed by atoms with Crippen molar-refractivity contribution in [2.75, 3.05) is 19.7 Å². The van der Waals surface area contributed by atoms with E-state index in [2.05, 4.69) is 11.8 Å². The minimum Gasteiger partial charge on any atom is -0.386 e. The lowest BCUT2D eigenvalue weighted by Crippen LogP contribution is -2.44. The van der Waals surface area contributed by atoms with Gasteiger partial charge >= 0.3 is 0 Å². The molecule has 1 aliphatic rings. The fraction of sp³-hybridized carbons (Fsp3) is 0.889. The lowest BCUT2D eigenvalue weighted by molar-refractivity contribution is 0.0659. The molecule has 0 spiro atoms. The zero-order chi connectivity index (χ0) is 9.84. The summed E-state index contributed by atoms with van der Waals surface area (Å²) in [4.78, 5) is 2.21. The van der Waals surface area contributed by atoms with E-state index in [9.17, 15) is 0 Å². The summed E-state index contributed by atoms with van der Waals surface area (Å²) in [7, 11) is 0. The Morgan fingerprint density at radius 3 is 3.00 bits per heavy atom. The van der Waals surface area contributed by atoms with Crippen molar-refractivity contribution in [1.82, 2.24) is 4.90 Å². The Balaban J connectivity index is 2.51. The van der Waals surface area contributed by atoms with Crippen LogP contribution < -0.4 is 5.73 Å². The smallest absolute Gasteiger partial charge is 0.108 e. The SMILES string of the molecule is CC1CN(C(C)C(=N)N)CCCO1. The first kappa shape index (κ1) is 10.5. The third kappa shape index (κ3) is 2.97. The van der Waals surface area contributed by atoms with Crippen LogP contribution >= 0.6 is 0 Å². The van der Waals surface area contributed by atoms with Crippen LogP contribution in [0.15, 0.2) is 0 Å². The highest BCUT2D eigenvalue weighted by Crippen LogP contribution is 2.08. The standard InChI is InChI=1S/C9H19N3O/c1-7-6-12(4-3-5-13-7)8(2)9(10)11/h7-8H,3-6H2,1-2H3,(H3,10,11). The van der Waals surface area contributed by atoms with E-state index in [4.69, 9.17) is 15.9 Å². The molecular formula is C9H19N3O.